The summed E-state index contributed by atoms with van der Waals surface area (Å²) in [6, 6.07) is 6.29. The van der Waals surface area contributed by atoms with E-state index in [1.807, 2.05) is 0 Å². The Morgan fingerprint density at radius 3 is 2.67 bits per heavy atom. The molecule has 1 nitrogen and oxygen atoms in total. The highest BCUT2D eigenvalue weighted by Crippen LogP contribution is 2.28. The lowest BCUT2D eigenvalue weighted by Crippen LogP contribution is -1.98. The first-order chi connectivity index (χ1) is 8.63. The highest BCUT2D eigenvalue weighted by Gasteiger charge is 2.11. The van der Waals surface area contributed by atoms with Gasteiger partial charge >= 0.3 is 0 Å². The fourth-order valence-corrected chi connectivity index (χ4v) is 1.87. The van der Waals surface area contributed by atoms with Crippen LogP contribution in [0.3, 0.4) is 0 Å². The molecular formula is C15H16F2O. The third-order valence-corrected chi connectivity index (χ3v) is 2.94. The van der Waals surface area contributed by atoms with Gasteiger partial charge in [0.2, 0.25) is 0 Å². The number of hydrogen-bond acceptors (Lipinski definition) is 1. The summed E-state index contributed by atoms with van der Waals surface area (Å²) in [5, 5.41) is 0.572. The molecule has 0 aliphatic heterocycles. The number of fused-ring (bicyclic) bond motifs is 1. The first kappa shape index (κ1) is 12.8. The molecule has 0 spiro atoms. The number of unbranched alkanes of at least 4 members (excludes halogenated alkanes) is 1. The number of rotatable bonds is 4. The van der Waals surface area contributed by atoms with Crippen molar-refractivity contribution in [3.8, 4) is 5.75 Å². The highest BCUT2D eigenvalue weighted by atomic mass is 19.1. The van der Waals surface area contributed by atoms with Gasteiger partial charge in [0.15, 0.2) is 0 Å². The molecule has 0 bridgehead atoms. The first-order valence-electron chi connectivity index (χ1n) is 6.14. The van der Waals surface area contributed by atoms with Crippen LogP contribution in [0.25, 0.3) is 10.8 Å². The maximum Gasteiger partial charge on any atom is 0.137 e. The quantitative estimate of drug-likeness (QED) is 0.720. The van der Waals surface area contributed by atoms with Gasteiger partial charge in [0.25, 0.3) is 0 Å². The number of benzene rings is 2. The predicted octanol–water partition coefficient (Wildman–Crippen LogP) is 4.61. The van der Waals surface area contributed by atoms with E-state index >= 15 is 0 Å². The van der Waals surface area contributed by atoms with Crippen molar-refractivity contribution in [3.63, 3.8) is 0 Å². The fraction of sp³-hybridized carbons (Fsp3) is 0.333. The monoisotopic (exact) mass is 250 g/mol. The van der Waals surface area contributed by atoms with Crippen LogP contribution in [0.1, 0.15) is 25.3 Å². The number of ether oxygens (including phenoxy) is 1. The highest BCUT2D eigenvalue weighted by molar-refractivity contribution is 5.85. The van der Waals surface area contributed by atoms with E-state index in [1.54, 1.807) is 25.1 Å². The van der Waals surface area contributed by atoms with Crippen LogP contribution in [-0.4, -0.2) is 6.61 Å². The van der Waals surface area contributed by atoms with Gasteiger partial charge in [0.1, 0.15) is 17.4 Å². The Kier molecular flexibility index (Phi) is 3.80. The number of hydrogen-bond donors (Lipinski definition) is 0. The molecule has 0 aromatic heterocycles. The summed E-state index contributed by atoms with van der Waals surface area (Å²) < 4.78 is 33.1. The van der Waals surface area contributed by atoms with E-state index < -0.39 is 11.6 Å². The van der Waals surface area contributed by atoms with E-state index in [9.17, 15) is 8.78 Å². The minimum atomic E-state index is -0.569. The second-order valence-electron chi connectivity index (χ2n) is 4.40. The van der Waals surface area contributed by atoms with Gasteiger partial charge in [-0.1, -0.05) is 25.5 Å². The largest absolute Gasteiger partial charge is 0.493 e. The Labute approximate surface area is 105 Å². The molecule has 0 fully saturated rings. The smallest absolute Gasteiger partial charge is 0.137 e. The van der Waals surface area contributed by atoms with Crippen LogP contribution in [-0.2, 0) is 0 Å². The van der Waals surface area contributed by atoms with Crippen molar-refractivity contribution in [2.24, 2.45) is 0 Å². The molecular weight excluding hydrogens is 234 g/mol. The summed E-state index contributed by atoms with van der Waals surface area (Å²) in [6.07, 6.45) is 1.94. The zero-order valence-electron chi connectivity index (χ0n) is 10.6. The minimum Gasteiger partial charge on any atom is -0.493 e. The predicted molar refractivity (Wildman–Crippen MR) is 69.0 cm³/mol. The molecule has 18 heavy (non-hydrogen) atoms. The molecule has 0 unspecified atom stereocenters. The minimum absolute atomic E-state index is 0.0397. The Hall–Kier alpha value is -1.64. The molecule has 2 aromatic carbocycles. The van der Waals surface area contributed by atoms with Crippen molar-refractivity contribution in [1.29, 1.82) is 0 Å². The lowest BCUT2D eigenvalue weighted by Gasteiger charge is -2.09. The van der Waals surface area contributed by atoms with Crippen LogP contribution >= 0.6 is 0 Å². The third-order valence-electron chi connectivity index (χ3n) is 2.94. The summed E-state index contributed by atoms with van der Waals surface area (Å²) in [6.45, 7) is 4.23. The fourth-order valence-electron chi connectivity index (χ4n) is 1.87. The normalized spacial score (nSPS) is 10.9. The molecule has 2 rings (SSSR count). The standard InChI is InChI=1S/C15H16F2O/c1-3-4-7-18-12-8-11-6-5-10(2)15(17)14(11)13(16)9-12/h5-6,8-9H,3-4,7H2,1-2H3. The molecule has 0 aliphatic rings. The molecule has 0 radical (unpaired) electrons. The van der Waals surface area contributed by atoms with Gasteiger partial charge in [-0.2, -0.15) is 0 Å². The molecule has 0 atom stereocenters. The van der Waals surface area contributed by atoms with Gasteiger partial charge in [-0.15, -0.1) is 0 Å². The zero-order valence-corrected chi connectivity index (χ0v) is 10.6. The van der Waals surface area contributed by atoms with Gasteiger partial charge in [-0.25, -0.2) is 8.78 Å². The third kappa shape index (κ3) is 2.45. The van der Waals surface area contributed by atoms with Crippen LogP contribution in [0.15, 0.2) is 24.3 Å². The van der Waals surface area contributed by atoms with Crippen LogP contribution in [0.5, 0.6) is 5.75 Å². The van der Waals surface area contributed by atoms with E-state index in [0.29, 0.717) is 23.3 Å². The van der Waals surface area contributed by atoms with Crippen LogP contribution in [0.4, 0.5) is 8.78 Å². The first-order valence-corrected chi connectivity index (χ1v) is 6.14. The van der Waals surface area contributed by atoms with Gasteiger partial charge in [0.05, 0.1) is 12.0 Å². The SMILES string of the molecule is CCCCOc1cc(F)c2c(F)c(C)ccc2c1. The topological polar surface area (TPSA) is 9.23 Å². The van der Waals surface area contributed by atoms with Crippen LogP contribution in [0, 0.1) is 18.6 Å². The summed E-state index contributed by atoms with van der Waals surface area (Å²) in [5.41, 5.74) is 0.445. The summed E-state index contributed by atoms with van der Waals surface area (Å²) >= 11 is 0. The van der Waals surface area contributed by atoms with Crippen LogP contribution < -0.4 is 4.74 Å². The molecule has 2 aromatic rings. The van der Waals surface area contributed by atoms with E-state index in [1.165, 1.54) is 6.07 Å². The van der Waals surface area contributed by atoms with Crippen molar-refractivity contribution in [3.05, 3.63) is 41.5 Å². The maximum absolute atomic E-state index is 13.9. The van der Waals surface area contributed by atoms with Crippen LogP contribution in [0.2, 0.25) is 0 Å². The van der Waals surface area contributed by atoms with E-state index in [2.05, 4.69) is 6.92 Å². The second-order valence-corrected chi connectivity index (χ2v) is 4.40. The molecule has 0 heterocycles. The summed E-state index contributed by atoms with van der Waals surface area (Å²) in [7, 11) is 0. The van der Waals surface area contributed by atoms with Crippen molar-refractivity contribution >= 4 is 10.8 Å². The van der Waals surface area contributed by atoms with Gasteiger partial charge in [-0.05, 0) is 30.4 Å². The van der Waals surface area contributed by atoms with Gasteiger partial charge in [-0.3, -0.25) is 0 Å². The number of halogens is 2. The Morgan fingerprint density at radius 2 is 1.94 bits per heavy atom. The number of aryl methyl sites for hydroxylation is 1. The molecule has 0 saturated heterocycles. The molecule has 0 amide bonds. The lowest BCUT2D eigenvalue weighted by atomic mass is 10.1. The van der Waals surface area contributed by atoms with Crippen molar-refractivity contribution in [2.45, 2.75) is 26.7 Å². The maximum atomic E-state index is 13.9. The zero-order chi connectivity index (χ0) is 13.1. The molecule has 0 N–H and O–H groups in total. The molecule has 3 heteroatoms. The Balaban J connectivity index is 2.41. The van der Waals surface area contributed by atoms with E-state index in [4.69, 9.17) is 4.74 Å². The molecule has 0 saturated carbocycles. The van der Waals surface area contributed by atoms with E-state index in [-0.39, 0.29) is 5.39 Å². The van der Waals surface area contributed by atoms with E-state index in [0.717, 1.165) is 12.8 Å². The molecule has 0 aliphatic carbocycles. The second kappa shape index (κ2) is 5.34. The van der Waals surface area contributed by atoms with Crippen molar-refractivity contribution in [1.82, 2.24) is 0 Å². The lowest BCUT2D eigenvalue weighted by molar-refractivity contribution is 0.308. The average molecular weight is 250 g/mol. The van der Waals surface area contributed by atoms with Gasteiger partial charge in [0, 0.05) is 6.07 Å². The van der Waals surface area contributed by atoms with Crippen molar-refractivity contribution in [2.75, 3.05) is 6.61 Å². The van der Waals surface area contributed by atoms with Crippen molar-refractivity contribution < 1.29 is 13.5 Å². The average Bonchev–Trinajstić information content (AvgIpc) is 2.34. The summed E-state index contributed by atoms with van der Waals surface area (Å²) in [4.78, 5) is 0. The Morgan fingerprint density at radius 1 is 1.17 bits per heavy atom. The molecule has 96 valence electrons. The summed E-state index contributed by atoms with van der Waals surface area (Å²) in [5.74, 6) is -0.609. The Bertz CT molecular complexity index is 564. The van der Waals surface area contributed by atoms with Gasteiger partial charge < -0.3 is 4.74 Å².